The Balaban J connectivity index is 1.81. The highest BCUT2D eigenvalue weighted by Gasteiger charge is 2.64. The van der Waals surface area contributed by atoms with E-state index in [0.717, 1.165) is 16.7 Å². The molecule has 1 saturated carbocycles. The molecule has 0 bridgehead atoms. The number of hydrogen-bond donors (Lipinski definition) is 0. The Hall–Kier alpha value is -3.73. The minimum Gasteiger partial charge on any atom is -0.449 e. The first-order valence-electron chi connectivity index (χ1n) is 11.3. The van der Waals surface area contributed by atoms with Crippen LogP contribution in [0.3, 0.4) is 0 Å². The van der Waals surface area contributed by atoms with Crippen molar-refractivity contribution in [3.63, 3.8) is 0 Å². The van der Waals surface area contributed by atoms with Crippen LogP contribution in [0.25, 0.3) is 0 Å². The maximum absolute atomic E-state index is 14.4. The van der Waals surface area contributed by atoms with Crippen molar-refractivity contribution in [1.29, 1.82) is 0 Å². The topological polar surface area (TPSA) is 63.7 Å². The van der Waals surface area contributed by atoms with Gasteiger partial charge in [-0.05, 0) is 29.7 Å². The van der Waals surface area contributed by atoms with Crippen molar-refractivity contribution in [3.8, 4) is 0 Å². The summed E-state index contributed by atoms with van der Waals surface area (Å²) in [5.41, 5.74) is 2.05. The average molecular weight is 440 g/mol. The maximum Gasteiger partial charge on any atom is 0.421 e. The zero-order chi connectivity index (χ0) is 23.0. The molecule has 1 spiro atoms. The number of imide groups is 1. The summed E-state index contributed by atoms with van der Waals surface area (Å²) in [7, 11) is 0. The molecule has 3 aromatic rings. The van der Waals surface area contributed by atoms with E-state index >= 15 is 0 Å². The van der Waals surface area contributed by atoms with E-state index in [4.69, 9.17) is 4.74 Å². The molecule has 0 aromatic heterocycles. The zero-order valence-electron chi connectivity index (χ0n) is 18.4. The van der Waals surface area contributed by atoms with Gasteiger partial charge in [0.05, 0.1) is 17.7 Å². The predicted molar refractivity (Wildman–Crippen MR) is 125 cm³/mol. The Labute approximate surface area is 193 Å². The number of benzene rings is 3. The molecule has 2 amide bonds. The van der Waals surface area contributed by atoms with E-state index in [1.54, 1.807) is 13.0 Å². The number of hydrogen-bond acceptors (Lipinski definition) is 4. The maximum atomic E-state index is 14.4. The van der Waals surface area contributed by atoms with Crippen LogP contribution in [-0.2, 0) is 19.7 Å². The lowest BCUT2D eigenvalue weighted by Crippen LogP contribution is -2.53. The Bertz CT molecular complexity index is 1150. The number of anilines is 1. The molecule has 0 unspecified atom stereocenters. The van der Waals surface area contributed by atoms with Gasteiger partial charge in [-0.3, -0.25) is 9.59 Å². The van der Waals surface area contributed by atoms with Crippen LogP contribution in [0.15, 0.2) is 84.9 Å². The van der Waals surface area contributed by atoms with E-state index < -0.39 is 23.3 Å². The van der Waals surface area contributed by atoms with E-state index in [1.165, 1.54) is 4.90 Å². The monoisotopic (exact) mass is 439 g/mol. The SMILES string of the molecule is CCOC(=O)N1C(=O)C2(c3ccccc31)[C@@H](c1ccccc1)CC(=O)C[C@@H]2c1ccccc1. The van der Waals surface area contributed by atoms with Crippen LogP contribution in [0.4, 0.5) is 10.5 Å². The smallest absolute Gasteiger partial charge is 0.421 e. The lowest BCUT2D eigenvalue weighted by molar-refractivity contribution is -0.130. The molecule has 33 heavy (non-hydrogen) atoms. The van der Waals surface area contributed by atoms with Crippen LogP contribution in [0, 0.1) is 0 Å². The molecule has 1 heterocycles. The van der Waals surface area contributed by atoms with Crippen LogP contribution in [-0.4, -0.2) is 24.4 Å². The first-order chi connectivity index (χ1) is 16.1. The van der Waals surface area contributed by atoms with E-state index in [-0.39, 0.29) is 31.1 Å². The number of ketones is 1. The van der Waals surface area contributed by atoms with Crippen LogP contribution < -0.4 is 4.90 Å². The van der Waals surface area contributed by atoms with Gasteiger partial charge in [-0.1, -0.05) is 78.9 Å². The van der Waals surface area contributed by atoms with Crippen LogP contribution in [0.2, 0.25) is 0 Å². The Kier molecular flexibility index (Phi) is 5.33. The minimum absolute atomic E-state index is 0.114. The number of carbonyl (C=O) groups is 3. The molecule has 5 heteroatoms. The Morgan fingerprint density at radius 2 is 1.36 bits per heavy atom. The van der Waals surface area contributed by atoms with Gasteiger partial charge in [-0.15, -0.1) is 0 Å². The van der Waals surface area contributed by atoms with Gasteiger partial charge in [0, 0.05) is 24.7 Å². The quantitative estimate of drug-likeness (QED) is 0.551. The fraction of sp³-hybridized carbons (Fsp3) is 0.250. The van der Waals surface area contributed by atoms with Gasteiger partial charge in [0.2, 0.25) is 5.91 Å². The first-order valence-corrected chi connectivity index (χ1v) is 11.3. The lowest BCUT2D eigenvalue weighted by Gasteiger charge is -2.46. The number of carbonyl (C=O) groups excluding carboxylic acids is 3. The van der Waals surface area contributed by atoms with E-state index in [1.807, 2.05) is 78.9 Å². The Morgan fingerprint density at radius 1 is 0.848 bits per heavy atom. The first kappa shape index (κ1) is 21.1. The highest BCUT2D eigenvalue weighted by Crippen LogP contribution is 2.61. The molecular formula is C28H25NO4. The summed E-state index contributed by atoms with van der Waals surface area (Å²) in [4.78, 5) is 41.7. The van der Waals surface area contributed by atoms with Gasteiger partial charge < -0.3 is 4.74 Å². The van der Waals surface area contributed by atoms with Gasteiger partial charge in [-0.25, -0.2) is 9.69 Å². The van der Waals surface area contributed by atoms with Crippen LogP contribution >= 0.6 is 0 Å². The summed E-state index contributed by atoms with van der Waals surface area (Å²) in [6.45, 7) is 1.89. The molecular weight excluding hydrogens is 414 g/mol. The third-order valence-electron chi connectivity index (χ3n) is 6.96. The number of nitrogens with zero attached hydrogens (tertiary/aromatic N) is 1. The number of ether oxygens (including phenoxy) is 1. The molecule has 166 valence electrons. The second-order valence-corrected chi connectivity index (χ2v) is 8.60. The third-order valence-corrected chi connectivity index (χ3v) is 6.96. The predicted octanol–water partition coefficient (Wildman–Crippen LogP) is 5.36. The number of fused-ring (bicyclic) bond motifs is 2. The molecule has 1 fully saturated rings. The third kappa shape index (κ3) is 3.18. The van der Waals surface area contributed by atoms with E-state index in [0.29, 0.717) is 5.69 Å². The van der Waals surface area contributed by atoms with Crippen molar-refractivity contribution in [2.75, 3.05) is 11.5 Å². The molecule has 2 aliphatic rings. The fourth-order valence-electron chi connectivity index (χ4n) is 5.71. The number of para-hydroxylation sites is 1. The van der Waals surface area contributed by atoms with Crippen molar-refractivity contribution in [2.24, 2.45) is 0 Å². The van der Waals surface area contributed by atoms with Gasteiger partial charge in [0.25, 0.3) is 0 Å². The summed E-state index contributed by atoms with van der Waals surface area (Å²) >= 11 is 0. The van der Waals surface area contributed by atoms with Crippen LogP contribution in [0.1, 0.15) is 48.3 Å². The zero-order valence-corrected chi connectivity index (χ0v) is 18.4. The van der Waals surface area contributed by atoms with E-state index in [2.05, 4.69) is 0 Å². The summed E-state index contributed by atoms with van der Waals surface area (Å²) in [6.07, 6.45) is -0.198. The molecule has 3 aromatic carbocycles. The van der Waals surface area contributed by atoms with Gasteiger partial charge >= 0.3 is 6.09 Å². The Morgan fingerprint density at radius 3 is 1.91 bits per heavy atom. The molecule has 2 atom stereocenters. The number of Topliss-reactive ketones (excluding diaryl/α,β-unsaturated/α-hetero) is 1. The largest absolute Gasteiger partial charge is 0.449 e. The highest BCUT2D eigenvalue weighted by molar-refractivity contribution is 6.22. The normalized spacial score (nSPS) is 21.2. The van der Waals surface area contributed by atoms with Gasteiger partial charge in [0.15, 0.2) is 0 Å². The summed E-state index contributed by atoms with van der Waals surface area (Å²) in [5.74, 6) is -1.02. The van der Waals surface area contributed by atoms with Gasteiger partial charge in [-0.2, -0.15) is 0 Å². The molecule has 0 N–H and O–H groups in total. The minimum atomic E-state index is -1.10. The molecule has 5 nitrogen and oxygen atoms in total. The van der Waals surface area contributed by atoms with Crippen molar-refractivity contribution in [2.45, 2.75) is 37.0 Å². The molecule has 1 aliphatic heterocycles. The second-order valence-electron chi connectivity index (χ2n) is 8.60. The van der Waals surface area contributed by atoms with Gasteiger partial charge in [0.1, 0.15) is 5.78 Å². The standard InChI is InChI=1S/C28H25NO4/c1-2-33-27(32)29-25-16-10-9-15-22(25)28(26(29)31)23(19-11-5-3-6-12-19)17-21(30)18-24(28)20-13-7-4-8-14-20/h3-16,23-24H,2,17-18H2,1H3/t23-,24-/m1/s1. The molecule has 0 radical (unpaired) electrons. The number of rotatable bonds is 3. The molecule has 1 aliphatic carbocycles. The van der Waals surface area contributed by atoms with Crippen molar-refractivity contribution >= 4 is 23.5 Å². The average Bonchev–Trinajstić information content (AvgIpc) is 3.10. The lowest BCUT2D eigenvalue weighted by atomic mass is 9.54. The summed E-state index contributed by atoms with van der Waals surface area (Å²) in [6, 6.07) is 26.8. The summed E-state index contributed by atoms with van der Waals surface area (Å²) in [5, 5.41) is 0. The summed E-state index contributed by atoms with van der Waals surface area (Å²) < 4.78 is 5.29. The van der Waals surface area contributed by atoms with E-state index in [9.17, 15) is 14.4 Å². The molecule has 5 rings (SSSR count). The van der Waals surface area contributed by atoms with Crippen LogP contribution in [0.5, 0.6) is 0 Å². The van der Waals surface area contributed by atoms with Crippen molar-refractivity contribution in [3.05, 3.63) is 102 Å². The second kappa shape index (κ2) is 8.32. The highest BCUT2D eigenvalue weighted by atomic mass is 16.6. The van der Waals surface area contributed by atoms with Crippen molar-refractivity contribution in [1.82, 2.24) is 0 Å². The molecule has 0 saturated heterocycles. The van der Waals surface area contributed by atoms with Crippen molar-refractivity contribution < 1.29 is 19.1 Å². The fourth-order valence-corrected chi connectivity index (χ4v) is 5.71. The number of amides is 2.